The van der Waals surface area contributed by atoms with E-state index in [1.54, 1.807) is 24.7 Å². The molecule has 162 valence electrons. The second-order valence-electron chi connectivity index (χ2n) is 7.60. The highest BCUT2D eigenvalue weighted by molar-refractivity contribution is 5.91. The lowest BCUT2D eigenvalue weighted by Crippen LogP contribution is -2.22. The molecule has 0 N–H and O–H groups in total. The minimum Gasteiger partial charge on any atom is -0.346 e. The van der Waals surface area contributed by atoms with Gasteiger partial charge in [-0.2, -0.15) is 0 Å². The molecule has 0 fully saturated rings. The van der Waals surface area contributed by atoms with Gasteiger partial charge in [-0.05, 0) is 60.7 Å². The molecule has 0 spiro atoms. The standard InChI is InChI=1S/C26H22F3N3/c1-4-17(24-16(2)21(27)14-22(28)25(24)29)13-20-23(32(3)19-8-6-11-30-15-19)10-9-18-7-5-12-31-26(18)20/h4-8,11-15H,1,9-10H2,2-3H3/b17-13+. The number of anilines is 1. The summed E-state index contributed by atoms with van der Waals surface area (Å²) in [6, 6.07) is 8.22. The van der Waals surface area contributed by atoms with Crippen molar-refractivity contribution in [3.05, 3.63) is 113 Å². The number of pyridine rings is 2. The first-order valence-electron chi connectivity index (χ1n) is 10.2. The van der Waals surface area contributed by atoms with Crippen LogP contribution in [0.2, 0.25) is 0 Å². The number of hydrogen-bond acceptors (Lipinski definition) is 3. The van der Waals surface area contributed by atoms with E-state index in [1.165, 1.54) is 13.0 Å². The van der Waals surface area contributed by atoms with Crippen molar-refractivity contribution in [2.24, 2.45) is 0 Å². The molecule has 3 aromatic rings. The number of aromatic nitrogens is 2. The lowest BCUT2D eigenvalue weighted by atomic mass is 9.89. The van der Waals surface area contributed by atoms with Crippen LogP contribution < -0.4 is 4.90 Å². The minimum absolute atomic E-state index is 0.0230. The molecular formula is C26H22F3N3. The summed E-state index contributed by atoms with van der Waals surface area (Å²) in [5.74, 6) is -3.15. The summed E-state index contributed by atoms with van der Waals surface area (Å²) in [6.07, 6.45) is 9.76. The molecule has 0 saturated heterocycles. The first-order valence-corrected chi connectivity index (χ1v) is 10.2. The normalized spacial score (nSPS) is 13.7. The van der Waals surface area contributed by atoms with Crippen LogP contribution in [0, 0.1) is 24.4 Å². The molecule has 0 radical (unpaired) electrons. The van der Waals surface area contributed by atoms with Crippen molar-refractivity contribution in [2.45, 2.75) is 19.8 Å². The van der Waals surface area contributed by atoms with Crippen LogP contribution in [0.15, 0.2) is 73.4 Å². The number of aryl methyl sites for hydroxylation is 1. The van der Waals surface area contributed by atoms with Gasteiger partial charge in [0.05, 0.1) is 17.6 Å². The highest BCUT2D eigenvalue weighted by atomic mass is 19.2. The maximum atomic E-state index is 14.8. The number of benzene rings is 1. The van der Waals surface area contributed by atoms with E-state index >= 15 is 0 Å². The summed E-state index contributed by atoms with van der Waals surface area (Å²) < 4.78 is 43.1. The Kier molecular flexibility index (Phi) is 5.95. The molecule has 32 heavy (non-hydrogen) atoms. The Balaban J connectivity index is 1.97. The minimum atomic E-state index is -1.24. The summed E-state index contributed by atoms with van der Waals surface area (Å²) in [5.41, 5.74) is 4.53. The molecule has 0 unspecified atom stereocenters. The zero-order chi connectivity index (χ0) is 22.8. The van der Waals surface area contributed by atoms with Gasteiger partial charge >= 0.3 is 0 Å². The second-order valence-corrected chi connectivity index (χ2v) is 7.60. The number of hydrogen-bond donors (Lipinski definition) is 0. The van der Waals surface area contributed by atoms with Gasteiger partial charge in [-0.25, -0.2) is 13.2 Å². The lowest BCUT2D eigenvalue weighted by Gasteiger charge is -2.29. The van der Waals surface area contributed by atoms with Crippen molar-refractivity contribution >= 4 is 16.8 Å². The number of halogens is 3. The van der Waals surface area contributed by atoms with E-state index in [0.717, 1.165) is 34.6 Å². The van der Waals surface area contributed by atoms with E-state index in [2.05, 4.69) is 16.5 Å². The fraction of sp³-hybridized carbons (Fsp3) is 0.154. The van der Waals surface area contributed by atoms with Gasteiger partial charge in [0.1, 0.15) is 5.82 Å². The van der Waals surface area contributed by atoms with Crippen molar-refractivity contribution in [3.8, 4) is 0 Å². The second kappa shape index (κ2) is 8.83. The Labute approximate surface area is 185 Å². The maximum Gasteiger partial charge on any atom is 0.167 e. The Morgan fingerprint density at radius 1 is 1.09 bits per heavy atom. The third-order valence-corrected chi connectivity index (χ3v) is 5.75. The summed E-state index contributed by atoms with van der Waals surface area (Å²) in [6.45, 7) is 5.21. The van der Waals surface area contributed by atoms with Gasteiger partial charge in [-0.1, -0.05) is 18.7 Å². The molecule has 0 amide bonds. The predicted molar refractivity (Wildman–Crippen MR) is 121 cm³/mol. The number of fused-ring (bicyclic) bond motifs is 1. The largest absolute Gasteiger partial charge is 0.346 e. The van der Waals surface area contributed by atoms with Crippen LogP contribution >= 0.6 is 0 Å². The van der Waals surface area contributed by atoms with E-state index in [4.69, 9.17) is 0 Å². The SMILES string of the molecule is C=C/C(=C\C1=C(N(C)c2cccnc2)CCc2cccnc21)c1c(C)c(F)cc(F)c1F. The summed E-state index contributed by atoms with van der Waals surface area (Å²) in [4.78, 5) is 10.8. The molecule has 4 rings (SSSR count). The Morgan fingerprint density at radius 3 is 2.59 bits per heavy atom. The van der Waals surface area contributed by atoms with E-state index < -0.39 is 17.5 Å². The van der Waals surface area contributed by atoms with Crippen LogP contribution in [0.5, 0.6) is 0 Å². The zero-order valence-electron chi connectivity index (χ0n) is 17.9. The maximum absolute atomic E-state index is 14.8. The Morgan fingerprint density at radius 2 is 1.88 bits per heavy atom. The molecule has 3 nitrogen and oxygen atoms in total. The van der Waals surface area contributed by atoms with Crippen molar-refractivity contribution in [3.63, 3.8) is 0 Å². The third kappa shape index (κ3) is 3.84. The summed E-state index contributed by atoms with van der Waals surface area (Å²) in [5, 5.41) is 0. The topological polar surface area (TPSA) is 29.0 Å². The third-order valence-electron chi connectivity index (χ3n) is 5.75. The van der Waals surface area contributed by atoms with Gasteiger partial charge in [-0.3, -0.25) is 9.97 Å². The molecule has 1 aliphatic carbocycles. The number of rotatable bonds is 5. The summed E-state index contributed by atoms with van der Waals surface area (Å²) in [7, 11) is 1.93. The van der Waals surface area contributed by atoms with Crippen LogP contribution in [-0.2, 0) is 6.42 Å². The van der Waals surface area contributed by atoms with Crippen LogP contribution in [0.25, 0.3) is 11.1 Å². The molecule has 0 saturated carbocycles. The fourth-order valence-electron chi connectivity index (χ4n) is 4.03. The van der Waals surface area contributed by atoms with Gasteiger partial charge < -0.3 is 4.90 Å². The molecule has 0 atom stereocenters. The molecule has 6 heteroatoms. The van der Waals surface area contributed by atoms with Gasteiger partial charge in [-0.15, -0.1) is 0 Å². The highest BCUT2D eigenvalue weighted by Gasteiger charge is 2.24. The quantitative estimate of drug-likeness (QED) is 0.351. The van der Waals surface area contributed by atoms with E-state index in [-0.39, 0.29) is 16.7 Å². The average Bonchev–Trinajstić information content (AvgIpc) is 2.82. The molecule has 0 bridgehead atoms. The first-order chi connectivity index (χ1) is 15.4. The van der Waals surface area contributed by atoms with Crippen LogP contribution in [0.3, 0.4) is 0 Å². The van der Waals surface area contributed by atoms with Crippen LogP contribution in [0.4, 0.5) is 18.9 Å². The average molecular weight is 433 g/mol. The van der Waals surface area contributed by atoms with Gasteiger partial charge in [0, 0.05) is 42.3 Å². The Hall–Kier alpha value is -3.67. The highest BCUT2D eigenvalue weighted by Crippen LogP contribution is 2.37. The first kappa shape index (κ1) is 21.6. The van der Waals surface area contributed by atoms with E-state index in [1.807, 2.05) is 36.2 Å². The van der Waals surface area contributed by atoms with Crippen LogP contribution in [0.1, 0.15) is 28.8 Å². The van der Waals surface area contributed by atoms with E-state index in [9.17, 15) is 13.2 Å². The van der Waals surface area contributed by atoms with Crippen LogP contribution in [-0.4, -0.2) is 17.0 Å². The Bertz CT molecular complexity index is 1220. The van der Waals surface area contributed by atoms with Crippen molar-refractivity contribution in [1.82, 2.24) is 9.97 Å². The van der Waals surface area contributed by atoms with Gasteiger partial charge in [0.2, 0.25) is 0 Å². The number of allylic oxidation sites excluding steroid dienone is 5. The molecule has 0 aliphatic heterocycles. The predicted octanol–water partition coefficient (Wildman–Crippen LogP) is 6.27. The van der Waals surface area contributed by atoms with Gasteiger partial charge in [0.15, 0.2) is 11.6 Å². The zero-order valence-corrected chi connectivity index (χ0v) is 17.9. The number of nitrogens with zero attached hydrogens (tertiary/aromatic N) is 3. The van der Waals surface area contributed by atoms with E-state index in [0.29, 0.717) is 12.5 Å². The molecule has 2 aromatic heterocycles. The van der Waals surface area contributed by atoms with Crippen molar-refractivity contribution in [2.75, 3.05) is 11.9 Å². The summed E-state index contributed by atoms with van der Waals surface area (Å²) >= 11 is 0. The molecular weight excluding hydrogens is 411 g/mol. The fourth-order valence-corrected chi connectivity index (χ4v) is 4.03. The lowest BCUT2D eigenvalue weighted by molar-refractivity contribution is 0.490. The van der Waals surface area contributed by atoms with Crippen molar-refractivity contribution < 1.29 is 13.2 Å². The molecule has 1 aliphatic rings. The van der Waals surface area contributed by atoms with Crippen molar-refractivity contribution in [1.29, 1.82) is 0 Å². The molecule has 2 heterocycles. The molecule has 1 aromatic carbocycles. The monoisotopic (exact) mass is 433 g/mol. The smallest absolute Gasteiger partial charge is 0.167 e. The van der Waals surface area contributed by atoms with Gasteiger partial charge in [0.25, 0.3) is 0 Å².